The maximum Gasteiger partial charge on any atom is 0.119 e. The number of rotatable bonds is 6. The number of hydrogen-bond acceptors (Lipinski definition) is 5. The molecule has 6 nitrogen and oxygen atoms in total. The highest BCUT2D eigenvalue weighted by Crippen LogP contribution is 2.39. The van der Waals surface area contributed by atoms with Crippen LogP contribution in [0.3, 0.4) is 0 Å². The first-order valence-corrected chi connectivity index (χ1v) is 12.5. The number of aromatic hydroxyl groups is 1. The largest absolute Gasteiger partial charge is 0.508 e. The monoisotopic (exact) mass is 491 g/mol. The molecule has 34 heavy (non-hydrogen) atoms. The van der Waals surface area contributed by atoms with Gasteiger partial charge < -0.3 is 15.3 Å². The third kappa shape index (κ3) is 4.34. The van der Waals surface area contributed by atoms with Crippen molar-refractivity contribution >= 4 is 71.2 Å². The molecule has 0 saturated heterocycles. The molecule has 0 radical (unpaired) electrons. The number of fused-ring (bicyclic) bond motifs is 2. The smallest absolute Gasteiger partial charge is 0.119 e. The number of hydrogen-bond donors (Lipinski definition) is 2. The molecule has 1 heterocycles. The Morgan fingerprint density at radius 1 is 0.941 bits per heavy atom. The minimum absolute atomic E-state index is 0.0356. The second-order valence-corrected chi connectivity index (χ2v) is 9.08. The zero-order valence-corrected chi connectivity index (χ0v) is 20.8. The third-order valence-corrected chi connectivity index (χ3v) is 7.23. The molecule has 3 aromatic carbocycles. The fraction of sp³-hybridized carbons (Fsp3) is 0.192. The summed E-state index contributed by atoms with van der Waals surface area (Å²) in [5, 5.41) is 16.0. The topological polar surface area (TPSA) is 82.5 Å². The SMILES string of the molecule is CCC(=S=O)c1c(Nc2c3ccccc3nc3ccccc23)cc(O)cc1N(C)C(CC)=S=O. The first-order valence-electron chi connectivity index (χ1n) is 11.0. The summed E-state index contributed by atoms with van der Waals surface area (Å²) < 4.78 is 23.9. The number of nitrogens with zero attached hydrogens (tertiary/aromatic N) is 2. The van der Waals surface area contributed by atoms with Gasteiger partial charge in [0.2, 0.25) is 0 Å². The molecular weight excluding hydrogens is 466 g/mol. The number of benzene rings is 3. The lowest BCUT2D eigenvalue weighted by Gasteiger charge is -2.25. The Balaban J connectivity index is 2.03. The molecule has 1 aromatic heterocycles. The Kier molecular flexibility index (Phi) is 7.09. The maximum atomic E-state index is 12.1. The molecule has 2 N–H and O–H groups in total. The molecule has 0 fully saturated rings. The highest BCUT2D eigenvalue weighted by Gasteiger charge is 2.21. The van der Waals surface area contributed by atoms with Crippen LogP contribution in [-0.4, -0.2) is 35.4 Å². The first kappa shape index (κ1) is 23.7. The van der Waals surface area contributed by atoms with E-state index in [1.54, 1.807) is 24.1 Å². The van der Waals surface area contributed by atoms with E-state index >= 15 is 0 Å². The minimum atomic E-state index is 0.0356. The van der Waals surface area contributed by atoms with Gasteiger partial charge in [-0.25, -0.2) is 13.4 Å². The minimum Gasteiger partial charge on any atom is -0.508 e. The Morgan fingerprint density at radius 3 is 2.09 bits per heavy atom. The lowest BCUT2D eigenvalue weighted by Crippen LogP contribution is -2.27. The van der Waals surface area contributed by atoms with Crippen LogP contribution in [0.4, 0.5) is 17.1 Å². The van der Waals surface area contributed by atoms with Crippen LogP contribution < -0.4 is 10.2 Å². The summed E-state index contributed by atoms with van der Waals surface area (Å²) in [7, 11) is 1.78. The molecule has 0 aliphatic carbocycles. The van der Waals surface area contributed by atoms with Crippen LogP contribution in [0.2, 0.25) is 0 Å². The lowest BCUT2D eigenvalue weighted by molar-refractivity contribution is 0.476. The van der Waals surface area contributed by atoms with E-state index in [4.69, 9.17) is 4.98 Å². The summed E-state index contributed by atoms with van der Waals surface area (Å²) >= 11 is 0.847. The summed E-state index contributed by atoms with van der Waals surface area (Å²) in [5.74, 6) is 0.0356. The molecule has 0 aliphatic heterocycles. The van der Waals surface area contributed by atoms with E-state index < -0.39 is 0 Å². The molecule has 0 unspecified atom stereocenters. The van der Waals surface area contributed by atoms with Crippen LogP contribution in [0.15, 0.2) is 60.7 Å². The molecule has 0 atom stereocenters. The zero-order valence-electron chi connectivity index (χ0n) is 19.2. The molecule has 0 bridgehead atoms. The fourth-order valence-electron chi connectivity index (χ4n) is 4.14. The van der Waals surface area contributed by atoms with E-state index in [-0.39, 0.29) is 5.75 Å². The van der Waals surface area contributed by atoms with Crippen molar-refractivity contribution in [3.63, 3.8) is 0 Å². The van der Waals surface area contributed by atoms with Crippen molar-refractivity contribution in [2.45, 2.75) is 26.7 Å². The molecule has 4 rings (SSSR count). The number of aromatic nitrogens is 1. The summed E-state index contributed by atoms with van der Waals surface area (Å²) in [4.78, 5) is 7.73. The van der Waals surface area contributed by atoms with Crippen molar-refractivity contribution in [1.82, 2.24) is 4.98 Å². The van der Waals surface area contributed by atoms with E-state index in [1.165, 1.54) is 0 Å². The molecule has 0 saturated carbocycles. The molecule has 0 spiro atoms. The van der Waals surface area contributed by atoms with Gasteiger partial charge in [0.15, 0.2) is 0 Å². The number of nitrogens with one attached hydrogen (secondary N) is 1. The normalized spacial score (nSPS) is 10.8. The maximum absolute atomic E-state index is 12.1. The first-order chi connectivity index (χ1) is 16.5. The predicted octanol–water partition coefficient (Wildman–Crippen LogP) is 5.17. The summed E-state index contributed by atoms with van der Waals surface area (Å²) in [6.07, 6.45) is 1.05. The Morgan fingerprint density at radius 2 is 1.56 bits per heavy atom. The van der Waals surface area contributed by atoms with Gasteiger partial charge in [-0.2, -0.15) is 0 Å². The summed E-state index contributed by atoms with van der Waals surface area (Å²) in [6.45, 7) is 3.82. The van der Waals surface area contributed by atoms with E-state index in [0.29, 0.717) is 62.1 Å². The average molecular weight is 492 g/mol. The number of phenols is 1. The Hall–Kier alpha value is -3.49. The van der Waals surface area contributed by atoms with Gasteiger partial charge in [0, 0.05) is 35.5 Å². The number of phenolic OH excluding ortho intramolecular Hbond substituents is 1. The van der Waals surface area contributed by atoms with Crippen LogP contribution in [0.1, 0.15) is 32.3 Å². The Labute approximate surface area is 205 Å². The van der Waals surface area contributed by atoms with Gasteiger partial charge in [0.05, 0.1) is 44.2 Å². The fourth-order valence-corrected chi connectivity index (χ4v) is 4.88. The van der Waals surface area contributed by atoms with Gasteiger partial charge in [-0.05, 0) is 25.0 Å². The molecule has 174 valence electrons. The molecule has 0 aliphatic rings. The van der Waals surface area contributed by atoms with Crippen molar-refractivity contribution in [2.75, 3.05) is 17.3 Å². The lowest BCUT2D eigenvalue weighted by atomic mass is 10.0. The highest BCUT2D eigenvalue weighted by atomic mass is 32.1. The van der Waals surface area contributed by atoms with Gasteiger partial charge in [0.1, 0.15) is 22.0 Å². The molecule has 8 heteroatoms. The van der Waals surface area contributed by atoms with Gasteiger partial charge in [-0.1, -0.05) is 50.2 Å². The summed E-state index contributed by atoms with van der Waals surface area (Å²) in [6, 6.07) is 18.9. The third-order valence-electron chi connectivity index (χ3n) is 5.78. The zero-order chi connectivity index (χ0) is 24.2. The van der Waals surface area contributed by atoms with E-state index in [0.717, 1.165) is 27.5 Å². The van der Waals surface area contributed by atoms with Crippen molar-refractivity contribution in [3.05, 3.63) is 66.2 Å². The van der Waals surface area contributed by atoms with Crippen molar-refractivity contribution in [1.29, 1.82) is 0 Å². The van der Waals surface area contributed by atoms with Crippen LogP contribution in [-0.2, 0) is 22.5 Å². The van der Waals surface area contributed by atoms with Gasteiger partial charge in [0.25, 0.3) is 0 Å². The van der Waals surface area contributed by atoms with Gasteiger partial charge in [-0.3, -0.25) is 0 Å². The van der Waals surface area contributed by atoms with Crippen LogP contribution in [0, 0.1) is 0 Å². The van der Waals surface area contributed by atoms with E-state index in [1.807, 2.05) is 62.4 Å². The quantitative estimate of drug-likeness (QED) is 0.220. The average Bonchev–Trinajstić information content (AvgIpc) is 2.86. The van der Waals surface area contributed by atoms with Crippen LogP contribution in [0.5, 0.6) is 5.75 Å². The highest BCUT2D eigenvalue weighted by molar-refractivity contribution is 7.67. The van der Waals surface area contributed by atoms with Crippen LogP contribution in [0.25, 0.3) is 21.8 Å². The van der Waals surface area contributed by atoms with Crippen LogP contribution >= 0.6 is 0 Å². The van der Waals surface area contributed by atoms with Gasteiger partial charge >= 0.3 is 0 Å². The molecule has 4 aromatic rings. The number of anilines is 3. The van der Waals surface area contributed by atoms with E-state index in [9.17, 15) is 13.5 Å². The molecule has 0 amide bonds. The molecular formula is C26H25N3O3S2. The number of pyridine rings is 1. The Bertz CT molecular complexity index is 1450. The summed E-state index contributed by atoms with van der Waals surface area (Å²) in [5.41, 5.74) is 4.38. The van der Waals surface area contributed by atoms with Crippen molar-refractivity contribution in [3.8, 4) is 5.75 Å². The predicted molar refractivity (Wildman–Crippen MR) is 145 cm³/mol. The second-order valence-electron chi connectivity index (χ2n) is 7.78. The van der Waals surface area contributed by atoms with E-state index in [2.05, 4.69) is 5.32 Å². The van der Waals surface area contributed by atoms with Gasteiger partial charge in [-0.15, -0.1) is 0 Å². The van der Waals surface area contributed by atoms with Crippen molar-refractivity contribution in [2.24, 2.45) is 0 Å². The number of para-hydroxylation sites is 2. The second kappa shape index (κ2) is 10.2. The standard InChI is InChI=1S/C26H25N3O3S2/c1-4-23(33-31)25-21(14-16(30)15-22(25)29(3)24(5-2)34-32)28-26-17-10-6-8-12-19(17)27-20-13-9-7-11-18(20)26/h6-15,30H,4-5H2,1-3H3,(H,27,28). The van der Waals surface area contributed by atoms with Crippen molar-refractivity contribution < 1.29 is 13.5 Å².